The lowest BCUT2D eigenvalue weighted by atomic mass is 9.94. The van der Waals surface area contributed by atoms with Crippen LogP contribution in [0.3, 0.4) is 0 Å². The van der Waals surface area contributed by atoms with Gasteiger partial charge in [0.15, 0.2) is 11.5 Å². The van der Waals surface area contributed by atoms with Gasteiger partial charge in [-0.2, -0.15) is 9.61 Å². The van der Waals surface area contributed by atoms with E-state index in [4.69, 9.17) is 9.84 Å². The van der Waals surface area contributed by atoms with Crippen molar-refractivity contribution in [1.29, 1.82) is 0 Å². The predicted octanol–water partition coefficient (Wildman–Crippen LogP) is 3.59. The Labute approximate surface area is 171 Å². The third-order valence-corrected chi connectivity index (χ3v) is 6.10. The first kappa shape index (κ1) is 20.7. The molecule has 0 bridgehead atoms. The Balaban J connectivity index is 1.97. The largest absolute Gasteiger partial charge is 0.384 e. The fourth-order valence-electron chi connectivity index (χ4n) is 3.43. The monoisotopic (exact) mass is 401 g/mol. The number of aryl methyl sites for hydroxylation is 1. The highest BCUT2D eigenvalue weighted by molar-refractivity contribution is 7.16. The molecule has 0 unspecified atom stereocenters. The first-order valence-electron chi connectivity index (χ1n) is 9.99. The highest BCUT2D eigenvalue weighted by Gasteiger charge is 2.28. The zero-order valence-corrected chi connectivity index (χ0v) is 18.6. The first-order valence-corrected chi connectivity index (χ1v) is 10.8. The van der Waals surface area contributed by atoms with Crippen LogP contribution in [0.25, 0.3) is 11.7 Å². The Bertz CT molecular complexity index is 975. The van der Waals surface area contributed by atoms with Crippen LogP contribution in [-0.2, 0) is 10.2 Å². The lowest BCUT2D eigenvalue weighted by Crippen LogP contribution is -2.26. The molecule has 152 valence electrons. The van der Waals surface area contributed by atoms with E-state index in [0.717, 1.165) is 35.5 Å². The van der Waals surface area contributed by atoms with Crippen LogP contribution in [0.2, 0.25) is 0 Å². The van der Waals surface area contributed by atoms with Crippen LogP contribution < -0.4 is 10.1 Å². The molecule has 0 atom stereocenters. The molecular formula is C21H31N5OS. The molecule has 0 aliphatic rings. The van der Waals surface area contributed by atoms with Crippen LogP contribution in [-0.4, -0.2) is 46.6 Å². The third-order valence-electron chi connectivity index (χ3n) is 5.01. The van der Waals surface area contributed by atoms with E-state index in [2.05, 4.69) is 61.0 Å². The van der Waals surface area contributed by atoms with Gasteiger partial charge >= 0.3 is 0 Å². The second-order valence-corrected chi connectivity index (χ2v) is 8.92. The molecule has 3 aromatic heterocycles. The summed E-state index contributed by atoms with van der Waals surface area (Å²) in [7, 11) is 1.71. The average Bonchev–Trinajstić information content (AvgIpc) is 3.34. The van der Waals surface area contributed by atoms with E-state index in [-0.39, 0.29) is 5.41 Å². The molecule has 28 heavy (non-hydrogen) atoms. The number of methoxy groups -OCH3 is 1. The average molecular weight is 402 g/mol. The van der Waals surface area contributed by atoms with Gasteiger partial charge in [0.2, 0.25) is 0 Å². The molecule has 0 saturated carbocycles. The molecule has 0 aromatic carbocycles. The topological polar surface area (TPSA) is 55.6 Å². The lowest BCUT2D eigenvalue weighted by Gasteiger charge is -2.20. The Kier molecular flexibility index (Phi) is 6.35. The van der Waals surface area contributed by atoms with Gasteiger partial charge in [0.05, 0.1) is 22.7 Å². The minimum absolute atomic E-state index is 0.254. The summed E-state index contributed by atoms with van der Waals surface area (Å²) >= 11 is 1.82. The summed E-state index contributed by atoms with van der Waals surface area (Å²) in [6.07, 6.45) is 4.62. The summed E-state index contributed by atoms with van der Waals surface area (Å²) < 4.78 is 7.23. The van der Waals surface area contributed by atoms with Gasteiger partial charge in [-0.05, 0) is 38.5 Å². The zero-order chi connectivity index (χ0) is 20.3. The minimum Gasteiger partial charge on any atom is -0.384 e. The van der Waals surface area contributed by atoms with Gasteiger partial charge in [0, 0.05) is 30.3 Å². The Morgan fingerprint density at radius 3 is 2.71 bits per heavy atom. The van der Waals surface area contributed by atoms with Gasteiger partial charge in [-0.15, -0.1) is 21.5 Å². The van der Waals surface area contributed by atoms with Crippen molar-refractivity contribution in [1.82, 2.24) is 19.8 Å². The highest BCUT2D eigenvalue weighted by atomic mass is 32.1. The maximum Gasteiger partial charge on any atom is 0.187 e. The maximum absolute atomic E-state index is 5.36. The second kappa shape index (κ2) is 8.57. The number of unbranched alkanes of at least 4 members (excludes halogenated alkanes) is 1. The molecule has 0 fully saturated rings. The van der Waals surface area contributed by atoms with Crippen molar-refractivity contribution in [3.05, 3.63) is 33.7 Å². The van der Waals surface area contributed by atoms with Crippen LogP contribution >= 0.6 is 11.3 Å². The van der Waals surface area contributed by atoms with Crippen molar-refractivity contribution < 1.29 is 4.74 Å². The predicted molar refractivity (Wildman–Crippen MR) is 116 cm³/mol. The summed E-state index contributed by atoms with van der Waals surface area (Å²) in [6, 6.07) is 4.40. The standard InChI is InChI=1S/C21H31N5OS/c1-7-9-12-25(8-2)18-11-10-16(28-18)13-17-15(3)24-26-19(17)22-23-20(26)21(4,5)14-27-6/h10-11,13H,7-9,12,14H2,1-6H3. The Morgan fingerprint density at radius 1 is 1.25 bits per heavy atom. The van der Waals surface area contributed by atoms with E-state index >= 15 is 0 Å². The van der Waals surface area contributed by atoms with Crippen LogP contribution in [0.5, 0.6) is 0 Å². The molecule has 3 rings (SSSR count). The molecule has 6 nitrogen and oxygen atoms in total. The summed E-state index contributed by atoms with van der Waals surface area (Å²) in [6.45, 7) is 13.4. The van der Waals surface area contributed by atoms with Gasteiger partial charge in [0.1, 0.15) is 0 Å². The van der Waals surface area contributed by atoms with Gasteiger partial charge in [-0.3, -0.25) is 0 Å². The molecule has 0 radical (unpaired) electrons. The normalized spacial score (nSPS) is 13.0. The Hall–Kier alpha value is -1.99. The Morgan fingerprint density at radius 2 is 2.04 bits per heavy atom. The maximum atomic E-state index is 5.36. The quantitative estimate of drug-likeness (QED) is 0.548. The lowest BCUT2D eigenvalue weighted by molar-refractivity contribution is 0.141. The molecule has 0 saturated heterocycles. The number of hydrogen-bond donors (Lipinski definition) is 0. The summed E-state index contributed by atoms with van der Waals surface area (Å²) in [4.78, 5) is 3.66. The van der Waals surface area contributed by atoms with Gasteiger partial charge in [-0.25, -0.2) is 0 Å². The summed E-state index contributed by atoms with van der Waals surface area (Å²) in [5.41, 5.74) is 1.52. The fourth-order valence-corrected chi connectivity index (χ4v) is 4.47. The van der Waals surface area contributed by atoms with Crippen LogP contribution in [0, 0.1) is 6.92 Å². The van der Waals surface area contributed by atoms with E-state index < -0.39 is 0 Å². The number of rotatable bonds is 9. The van der Waals surface area contributed by atoms with Crippen molar-refractivity contribution in [3.63, 3.8) is 0 Å². The second-order valence-electron chi connectivity index (χ2n) is 7.83. The molecule has 0 spiro atoms. The van der Waals surface area contributed by atoms with Crippen LogP contribution in [0.15, 0.2) is 12.1 Å². The molecular weight excluding hydrogens is 370 g/mol. The minimum atomic E-state index is -0.254. The van der Waals surface area contributed by atoms with E-state index in [0.29, 0.717) is 6.61 Å². The first-order chi connectivity index (χ1) is 13.4. The zero-order valence-electron chi connectivity index (χ0n) is 17.8. The molecule has 0 amide bonds. The van der Waals surface area contributed by atoms with E-state index in [1.807, 2.05) is 22.8 Å². The number of ether oxygens (including phenoxy) is 1. The fraction of sp³-hybridized carbons (Fsp3) is 0.571. The van der Waals surface area contributed by atoms with Crippen molar-refractivity contribution >= 4 is 28.1 Å². The van der Waals surface area contributed by atoms with E-state index in [1.54, 1.807) is 7.11 Å². The molecule has 3 aromatic rings. The molecule has 0 aliphatic carbocycles. The van der Waals surface area contributed by atoms with Crippen molar-refractivity contribution in [2.75, 3.05) is 31.7 Å². The highest BCUT2D eigenvalue weighted by Crippen LogP contribution is 2.27. The van der Waals surface area contributed by atoms with Crippen LogP contribution in [0.1, 0.15) is 56.9 Å². The summed E-state index contributed by atoms with van der Waals surface area (Å²) in [5, 5.41) is 15.9. The van der Waals surface area contributed by atoms with Crippen molar-refractivity contribution in [2.24, 2.45) is 0 Å². The van der Waals surface area contributed by atoms with Gasteiger partial charge in [0.25, 0.3) is 0 Å². The van der Waals surface area contributed by atoms with Crippen molar-refractivity contribution in [3.8, 4) is 0 Å². The number of nitrogens with zero attached hydrogens (tertiary/aromatic N) is 5. The number of anilines is 1. The number of fused-ring (bicyclic) bond motifs is 1. The number of aromatic nitrogens is 4. The SMILES string of the molecule is CCCCN(CC)c1ccc(C=c2c(C)nn3c(C(C)(C)COC)nnc23)s1. The summed E-state index contributed by atoms with van der Waals surface area (Å²) in [5.74, 6) is 0.829. The van der Waals surface area contributed by atoms with E-state index in [9.17, 15) is 0 Å². The van der Waals surface area contributed by atoms with Crippen LogP contribution in [0.4, 0.5) is 5.00 Å². The molecule has 3 heterocycles. The molecule has 0 N–H and O–H groups in total. The van der Waals surface area contributed by atoms with Gasteiger partial charge in [-0.1, -0.05) is 27.2 Å². The molecule has 7 heteroatoms. The smallest absolute Gasteiger partial charge is 0.187 e. The van der Waals surface area contributed by atoms with E-state index in [1.165, 1.54) is 22.7 Å². The third kappa shape index (κ3) is 4.05. The van der Waals surface area contributed by atoms with Crippen molar-refractivity contribution in [2.45, 2.75) is 52.9 Å². The number of hydrogen-bond acceptors (Lipinski definition) is 6. The number of thiophene rings is 1. The molecule has 0 aliphatic heterocycles. The van der Waals surface area contributed by atoms with Gasteiger partial charge < -0.3 is 9.64 Å².